The average molecular weight is 563 g/mol. The number of aliphatic hydroxyl groups excluding tert-OH is 1. The van der Waals surface area contributed by atoms with Crippen LogP contribution in [0.1, 0.15) is 45.1 Å². The zero-order valence-electron chi connectivity index (χ0n) is 23.8. The number of allylic oxidation sites excluding steroid dienone is 1. The van der Waals surface area contributed by atoms with Gasteiger partial charge in [0, 0.05) is 37.2 Å². The lowest BCUT2D eigenvalue weighted by Gasteiger charge is -2.35. The van der Waals surface area contributed by atoms with Gasteiger partial charge in [-0.1, -0.05) is 74.9 Å². The molecule has 5 atom stereocenters. The summed E-state index contributed by atoms with van der Waals surface area (Å²) in [6.07, 6.45) is 3.63. The predicted molar refractivity (Wildman–Crippen MR) is 157 cm³/mol. The molecule has 10 heteroatoms. The molecule has 0 spiro atoms. The van der Waals surface area contributed by atoms with E-state index >= 15 is 0 Å². The Morgan fingerprint density at radius 3 is 2.29 bits per heavy atom. The molecule has 2 aromatic rings. The van der Waals surface area contributed by atoms with Crippen LogP contribution in [0.5, 0.6) is 0 Å². The molecule has 8 N–H and O–H groups in total. The summed E-state index contributed by atoms with van der Waals surface area (Å²) in [7, 11) is 0. The molecular weight excluding hydrogens is 520 g/mol. The Balaban J connectivity index is 1.47. The van der Waals surface area contributed by atoms with Gasteiger partial charge < -0.3 is 31.8 Å². The summed E-state index contributed by atoms with van der Waals surface area (Å²) < 4.78 is 0. The number of β-amino-alcohol motifs (C(OH)–C–C–N with tert-alkyl or cyclic N) is 1. The highest BCUT2D eigenvalue weighted by Crippen LogP contribution is 2.34. The zero-order valence-corrected chi connectivity index (χ0v) is 23.8. The molecular formula is C31H42N6O4. The minimum atomic E-state index is -0.989. The van der Waals surface area contributed by atoms with E-state index in [4.69, 9.17) is 17.3 Å². The van der Waals surface area contributed by atoms with Crippen LogP contribution in [0.2, 0.25) is 0 Å². The van der Waals surface area contributed by atoms with Gasteiger partial charge in [0.2, 0.25) is 17.7 Å². The maximum Gasteiger partial charge on any atom is 0.247 e. The first-order chi connectivity index (χ1) is 19.6. The van der Waals surface area contributed by atoms with Crippen molar-refractivity contribution in [3.63, 3.8) is 0 Å². The van der Waals surface area contributed by atoms with Crippen molar-refractivity contribution in [2.75, 3.05) is 6.54 Å². The molecule has 220 valence electrons. The number of amides is 3. The van der Waals surface area contributed by atoms with E-state index < -0.39 is 36.0 Å². The number of rotatable bonds is 12. The maximum absolute atomic E-state index is 13.8. The highest BCUT2D eigenvalue weighted by molar-refractivity contribution is 5.93. The van der Waals surface area contributed by atoms with Crippen molar-refractivity contribution in [1.82, 2.24) is 15.2 Å². The molecule has 1 aliphatic heterocycles. The van der Waals surface area contributed by atoms with Crippen LogP contribution in [0.15, 0.2) is 66.5 Å². The molecule has 0 aromatic heterocycles. The molecule has 1 saturated heterocycles. The highest BCUT2D eigenvalue weighted by atomic mass is 16.3. The zero-order chi connectivity index (χ0) is 29.7. The van der Waals surface area contributed by atoms with Crippen molar-refractivity contribution in [3.05, 3.63) is 72.1 Å². The minimum absolute atomic E-state index is 0.0122. The third-order valence-electron chi connectivity index (χ3n) is 8.13. The molecule has 2 aliphatic rings. The number of likely N-dealkylation sites (tertiary alicyclic amines) is 1. The molecule has 4 rings (SSSR count). The van der Waals surface area contributed by atoms with Gasteiger partial charge in [0.15, 0.2) is 0 Å². The number of nitrogens with one attached hydrogen (secondary N) is 1. The fourth-order valence-electron chi connectivity index (χ4n) is 5.33. The topological polar surface area (TPSA) is 168 Å². The van der Waals surface area contributed by atoms with E-state index in [0.29, 0.717) is 12.1 Å². The lowest BCUT2D eigenvalue weighted by molar-refractivity contribution is -0.144. The van der Waals surface area contributed by atoms with Crippen LogP contribution >= 0.6 is 0 Å². The van der Waals surface area contributed by atoms with Crippen molar-refractivity contribution >= 4 is 17.7 Å². The normalized spacial score (nSPS) is 21.2. The van der Waals surface area contributed by atoms with E-state index in [1.807, 2.05) is 68.4 Å². The molecule has 0 radical (unpaired) electrons. The van der Waals surface area contributed by atoms with Crippen LogP contribution in [0, 0.1) is 11.8 Å². The number of carbonyl (C=O) groups excluding carboxylic acids is 3. The van der Waals surface area contributed by atoms with Gasteiger partial charge in [-0.15, -0.1) is 0 Å². The fraction of sp³-hybridized carbons (Fsp3) is 0.452. The number of hydrogen-bond donors (Lipinski definition) is 5. The molecule has 10 nitrogen and oxygen atoms in total. The molecule has 5 unspecified atom stereocenters. The fourth-order valence-corrected chi connectivity index (χ4v) is 5.33. The van der Waals surface area contributed by atoms with E-state index in [0.717, 1.165) is 29.5 Å². The summed E-state index contributed by atoms with van der Waals surface area (Å²) in [6.45, 7) is 3.86. The van der Waals surface area contributed by atoms with Gasteiger partial charge in [-0.05, 0) is 35.4 Å². The monoisotopic (exact) mass is 562 g/mol. The Morgan fingerprint density at radius 2 is 1.71 bits per heavy atom. The van der Waals surface area contributed by atoms with Crippen LogP contribution in [0.3, 0.4) is 0 Å². The summed E-state index contributed by atoms with van der Waals surface area (Å²) in [4.78, 5) is 41.0. The average Bonchev–Trinajstić information content (AvgIpc) is 3.74. The number of carbonyl (C=O) groups is 3. The predicted octanol–water partition coefficient (Wildman–Crippen LogP) is 1.63. The molecule has 2 aromatic carbocycles. The smallest absolute Gasteiger partial charge is 0.247 e. The molecule has 0 bridgehead atoms. The van der Waals surface area contributed by atoms with Crippen molar-refractivity contribution in [1.29, 1.82) is 0 Å². The third-order valence-corrected chi connectivity index (χ3v) is 8.13. The standard InChI is InChI=1S/C31H42N6O4/c1-3-19(2)28(37(34)18-25(32)23-13-14-23)31(41)36-17-24(38)16-27(36)30(40)35-26(29(33)39)15-20-9-11-22(12-10-20)21-7-5-4-6-8-21/h4-12,18-19,23-24,26-28,38H,3,13-17,32,34H2,1-2H3,(H2,33,39)(H,35,40)/b25-18-. The summed E-state index contributed by atoms with van der Waals surface area (Å²) in [5.74, 6) is 4.88. The van der Waals surface area contributed by atoms with Gasteiger partial charge in [0.25, 0.3) is 0 Å². The van der Waals surface area contributed by atoms with E-state index in [-0.39, 0.29) is 37.1 Å². The van der Waals surface area contributed by atoms with Gasteiger partial charge in [0.1, 0.15) is 18.1 Å². The molecule has 2 fully saturated rings. The lowest BCUT2D eigenvalue weighted by Crippen LogP contribution is -2.58. The Bertz CT molecular complexity index is 1250. The molecule has 1 heterocycles. The quantitative estimate of drug-likeness (QED) is 0.193. The number of hydrazine groups is 1. The van der Waals surface area contributed by atoms with Crippen LogP contribution in [-0.4, -0.2) is 63.5 Å². The van der Waals surface area contributed by atoms with Gasteiger partial charge in [-0.3, -0.25) is 14.4 Å². The summed E-state index contributed by atoms with van der Waals surface area (Å²) in [5.41, 5.74) is 15.4. The first kappa shape index (κ1) is 30.1. The SMILES string of the molecule is CCC(C)C(C(=O)N1CC(O)CC1C(=O)NC(Cc1ccc(-c2ccccc2)cc1)C(N)=O)N(N)/C=C(\N)C1CC1. The van der Waals surface area contributed by atoms with Gasteiger partial charge in [-0.2, -0.15) is 0 Å². The van der Waals surface area contributed by atoms with Crippen molar-refractivity contribution < 1.29 is 19.5 Å². The summed E-state index contributed by atoms with van der Waals surface area (Å²) in [6, 6.07) is 14.9. The summed E-state index contributed by atoms with van der Waals surface area (Å²) in [5, 5.41) is 14.5. The Morgan fingerprint density at radius 1 is 1.07 bits per heavy atom. The molecule has 3 amide bonds. The first-order valence-corrected chi connectivity index (χ1v) is 14.3. The van der Waals surface area contributed by atoms with Crippen molar-refractivity contribution in [2.24, 2.45) is 29.1 Å². The van der Waals surface area contributed by atoms with Gasteiger partial charge >= 0.3 is 0 Å². The van der Waals surface area contributed by atoms with Crippen molar-refractivity contribution in [3.8, 4) is 11.1 Å². The molecule has 1 saturated carbocycles. The van der Waals surface area contributed by atoms with E-state index in [1.165, 1.54) is 9.91 Å². The molecule has 41 heavy (non-hydrogen) atoms. The second-order valence-corrected chi connectivity index (χ2v) is 11.3. The van der Waals surface area contributed by atoms with Crippen LogP contribution in [0.4, 0.5) is 0 Å². The van der Waals surface area contributed by atoms with E-state index in [2.05, 4.69) is 5.32 Å². The summed E-state index contributed by atoms with van der Waals surface area (Å²) >= 11 is 0. The Kier molecular flexibility index (Phi) is 9.67. The largest absolute Gasteiger partial charge is 0.401 e. The Labute approximate surface area is 241 Å². The van der Waals surface area contributed by atoms with Crippen molar-refractivity contribution in [2.45, 2.75) is 70.2 Å². The number of aliphatic hydroxyl groups is 1. The second-order valence-electron chi connectivity index (χ2n) is 11.3. The third kappa shape index (κ3) is 7.45. The number of primary amides is 1. The van der Waals surface area contributed by atoms with Crippen LogP contribution < -0.4 is 22.6 Å². The second kappa shape index (κ2) is 13.2. The number of nitrogens with zero attached hydrogens (tertiary/aromatic N) is 2. The van der Waals surface area contributed by atoms with Crippen LogP contribution in [0.25, 0.3) is 11.1 Å². The van der Waals surface area contributed by atoms with E-state index in [9.17, 15) is 19.5 Å². The highest BCUT2D eigenvalue weighted by Gasteiger charge is 2.44. The van der Waals surface area contributed by atoms with E-state index in [1.54, 1.807) is 6.20 Å². The number of nitrogens with two attached hydrogens (primary N) is 3. The van der Waals surface area contributed by atoms with Gasteiger partial charge in [-0.25, -0.2) is 5.84 Å². The first-order valence-electron chi connectivity index (χ1n) is 14.3. The Hall–Kier alpha value is -3.89. The lowest BCUT2D eigenvalue weighted by atomic mass is 9.96. The van der Waals surface area contributed by atoms with Crippen LogP contribution in [-0.2, 0) is 20.8 Å². The number of hydrogen-bond acceptors (Lipinski definition) is 7. The molecule has 1 aliphatic carbocycles. The van der Waals surface area contributed by atoms with Gasteiger partial charge in [0.05, 0.1) is 6.10 Å². The minimum Gasteiger partial charge on any atom is -0.401 e. The number of benzene rings is 2. The maximum atomic E-state index is 13.8.